The van der Waals surface area contributed by atoms with Gasteiger partial charge in [0.05, 0.1) is 30.8 Å². The van der Waals surface area contributed by atoms with Gasteiger partial charge in [-0.25, -0.2) is 8.42 Å². The van der Waals surface area contributed by atoms with Gasteiger partial charge < -0.3 is 0 Å². The minimum atomic E-state index is -2.34. The minimum absolute atomic E-state index is 0.649. The van der Waals surface area contributed by atoms with Gasteiger partial charge in [0, 0.05) is 42.5 Å². The van der Waals surface area contributed by atoms with Gasteiger partial charge in [0.25, 0.3) is 0 Å². The molecule has 0 saturated carbocycles. The topological polar surface area (TPSA) is 58.9 Å². The van der Waals surface area contributed by atoms with E-state index in [4.69, 9.17) is 8.73 Å². The number of rotatable bonds is 0. The molecule has 0 aromatic heterocycles. The van der Waals surface area contributed by atoms with Gasteiger partial charge in [0.2, 0.25) is 0 Å². The summed E-state index contributed by atoms with van der Waals surface area (Å²) in [4.78, 5) is 2.03. The quantitative estimate of drug-likeness (QED) is 0.530. The summed E-state index contributed by atoms with van der Waals surface area (Å²) in [5.41, 5.74) is 1.67. The smallest absolute Gasteiger partial charge is 0.0818 e. The second kappa shape index (κ2) is 4.86. The van der Waals surface area contributed by atoms with Crippen molar-refractivity contribution in [1.82, 2.24) is 0 Å². The largest absolute Gasteiger partial charge is 0.245 e. The molecule has 4 heterocycles. The predicted octanol–water partition coefficient (Wildman–Crippen LogP) is 4.02. The highest BCUT2D eigenvalue weighted by molar-refractivity contribution is 8.03. The Labute approximate surface area is 163 Å². The number of benzene rings is 3. The number of fused-ring (bicyclic) bond motifs is 4. The van der Waals surface area contributed by atoms with Gasteiger partial charge in [-0.1, -0.05) is 24.3 Å². The Hall–Kier alpha value is -2.18. The van der Waals surface area contributed by atoms with Gasteiger partial charge >= 0.3 is 0 Å². The molecule has 0 radical (unpaired) electrons. The SMILES string of the molecule is O=S12=Nc3cccc4c5c6c(cccc6c(c34)=C1CCC2)N=S1(=O)CCCC=51. The summed E-state index contributed by atoms with van der Waals surface area (Å²) in [5.74, 6) is 1.30. The van der Waals surface area contributed by atoms with Crippen LogP contribution in [0.15, 0.2) is 45.1 Å². The summed E-state index contributed by atoms with van der Waals surface area (Å²) >= 11 is 0. The maximum atomic E-state index is 13.6. The molecule has 140 valence electrons. The number of hydrogen-bond acceptors (Lipinski definition) is 4. The maximum absolute atomic E-state index is 13.6. The van der Waals surface area contributed by atoms with E-state index in [1.54, 1.807) is 0 Å². The first-order valence-corrected chi connectivity index (χ1v) is 13.2. The van der Waals surface area contributed by atoms with Crippen LogP contribution in [0, 0.1) is 0 Å². The van der Waals surface area contributed by atoms with Crippen LogP contribution in [-0.4, -0.2) is 19.9 Å². The Bertz CT molecular complexity index is 1540. The zero-order valence-corrected chi connectivity index (χ0v) is 16.9. The third-order valence-electron chi connectivity index (χ3n) is 6.59. The van der Waals surface area contributed by atoms with Crippen LogP contribution in [-0.2, 0) is 19.5 Å². The standard InChI is InChI=1S/C22H18N2O2S2/c25-27-11-4-10-18(27)22-14-6-2-8-16-20(14)21(17-9-3-12-28(17,26)24-16)13-5-1-7-15(23-27)19(13)22/h1-2,5-8H,3-4,9-12H2. The first-order valence-electron chi connectivity index (χ1n) is 9.83. The summed E-state index contributed by atoms with van der Waals surface area (Å²) in [7, 11) is -4.69. The van der Waals surface area contributed by atoms with Crippen LogP contribution in [0.2, 0.25) is 0 Å². The molecule has 0 aliphatic carbocycles. The van der Waals surface area contributed by atoms with Crippen molar-refractivity contribution in [2.75, 3.05) is 11.5 Å². The van der Waals surface area contributed by atoms with Crippen molar-refractivity contribution >= 4 is 62.2 Å². The summed E-state index contributed by atoms with van der Waals surface area (Å²) in [5, 5.41) is 6.65. The van der Waals surface area contributed by atoms with E-state index in [1.807, 2.05) is 24.3 Å². The molecular formula is C22H18N2O2S2. The molecule has 3 aromatic rings. The van der Waals surface area contributed by atoms with Crippen molar-refractivity contribution < 1.29 is 8.42 Å². The van der Waals surface area contributed by atoms with E-state index in [2.05, 4.69) is 12.1 Å². The molecule has 0 bridgehead atoms. The second-order valence-corrected chi connectivity index (χ2v) is 12.8. The maximum Gasteiger partial charge on any atom is 0.0818 e. The molecule has 2 fully saturated rings. The summed E-state index contributed by atoms with van der Waals surface area (Å²) < 4.78 is 36.8. The van der Waals surface area contributed by atoms with Crippen molar-refractivity contribution in [3.63, 3.8) is 0 Å². The molecule has 0 amide bonds. The summed E-state index contributed by atoms with van der Waals surface area (Å²) in [6.45, 7) is 0. The molecule has 2 atom stereocenters. The van der Waals surface area contributed by atoms with E-state index >= 15 is 0 Å². The van der Waals surface area contributed by atoms with Gasteiger partial charge in [-0.15, -0.1) is 0 Å². The van der Waals surface area contributed by atoms with Crippen LogP contribution >= 0.6 is 0 Å². The van der Waals surface area contributed by atoms with E-state index < -0.39 is 19.5 Å². The van der Waals surface area contributed by atoms with Crippen LogP contribution in [0.4, 0.5) is 11.4 Å². The Morgan fingerprint density at radius 2 is 1.14 bits per heavy atom. The summed E-state index contributed by atoms with van der Waals surface area (Å²) in [6.07, 6.45) is 3.53. The van der Waals surface area contributed by atoms with Crippen LogP contribution in [0.5, 0.6) is 0 Å². The first kappa shape index (κ1) is 15.7. The average Bonchev–Trinajstić information content (AvgIpc) is 3.25. The van der Waals surface area contributed by atoms with Crippen molar-refractivity contribution in [2.45, 2.75) is 25.7 Å². The van der Waals surface area contributed by atoms with E-state index in [1.165, 1.54) is 0 Å². The third kappa shape index (κ3) is 1.68. The fourth-order valence-electron chi connectivity index (χ4n) is 5.53. The normalized spacial score (nSPS) is 29.6. The van der Waals surface area contributed by atoms with Crippen LogP contribution in [0.25, 0.3) is 31.4 Å². The molecule has 4 aliphatic heterocycles. The van der Waals surface area contributed by atoms with Crippen molar-refractivity contribution in [2.24, 2.45) is 8.73 Å². The molecular weight excluding hydrogens is 388 g/mol. The fraction of sp³-hybridized carbons (Fsp3) is 0.273. The van der Waals surface area contributed by atoms with E-state index in [0.717, 1.165) is 78.9 Å². The predicted molar refractivity (Wildman–Crippen MR) is 116 cm³/mol. The van der Waals surface area contributed by atoms with E-state index in [9.17, 15) is 8.42 Å². The van der Waals surface area contributed by atoms with Crippen molar-refractivity contribution in [1.29, 1.82) is 0 Å². The lowest BCUT2D eigenvalue weighted by molar-refractivity contribution is 0.683. The second-order valence-electron chi connectivity index (χ2n) is 8.07. The Kier molecular flexibility index (Phi) is 2.73. The van der Waals surface area contributed by atoms with E-state index in [-0.39, 0.29) is 0 Å². The van der Waals surface area contributed by atoms with Gasteiger partial charge in [-0.2, -0.15) is 8.73 Å². The molecule has 6 heteroatoms. The lowest BCUT2D eigenvalue weighted by Gasteiger charge is -2.21. The zero-order chi connectivity index (χ0) is 18.7. The molecule has 4 aliphatic rings. The molecule has 28 heavy (non-hydrogen) atoms. The first-order chi connectivity index (χ1) is 13.6. The van der Waals surface area contributed by atoms with Gasteiger partial charge in [-0.3, -0.25) is 0 Å². The highest BCUT2D eigenvalue weighted by atomic mass is 32.2. The molecule has 3 aromatic carbocycles. The third-order valence-corrected chi connectivity index (χ3v) is 11.6. The molecule has 0 spiro atoms. The summed E-state index contributed by atoms with van der Waals surface area (Å²) in [6, 6.07) is 12.2. The van der Waals surface area contributed by atoms with Gasteiger partial charge in [-0.05, 0) is 48.6 Å². The van der Waals surface area contributed by atoms with Crippen LogP contribution in [0.1, 0.15) is 25.7 Å². The molecule has 2 saturated heterocycles. The molecule has 0 N–H and O–H groups in total. The van der Waals surface area contributed by atoms with Crippen LogP contribution in [0.3, 0.4) is 0 Å². The van der Waals surface area contributed by atoms with Crippen molar-refractivity contribution in [3.8, 4) is 0 Å². The molecule has 7 rings (SSSR count). The van der Waals surface area contributed by atoms with E-state index in [0.29, 0.717) is 11.5 Å². The zero-order valence-electron chi connectivity index (χ0n) is 15.2. The average molecular weight is 407 g/mol. The Balaban J connectivity index is 1.93. The Morgan fingerprint density at radius 1 is 0.679 bits per heavy atom. The number of hydrogen-bond donors (Lipinski definition) is 0. The monoisotopic (exact) mass is 406 g/mol. The van der Waals surface area contributed by atoms with Crippen LogP contribution < -0.4 is 10.4 Å². The fourth-order valence-corrected chi connectivity index (χ4v) is 10.4. The number of nitrogens with zero attached hydrogens (tertiary/aromatic N) is 2. The molecule has 4 nitrogen and oxygen atoms in total. The highest BCUT2D eigenvalue weighted by Gasteiger charge is 2.33. The van der Waals surface area contributed by atoms with Crippen molar-refractivity contribution in [3.05, 3.63) is 46.8 Å². The lowest BCUT2D eigenvalue weighted by Crippen LogP contribution is -2.25. The minimum Gasteiger partial charge on any atom is -0.245 e. The van der Waals surface area contributed by atoms with Gasteiger partial charge in [0.1, 0.15) is 0 Å². The highest BCUT2D eigenvalue weighted by Crippen LogP contribution is 2.42. The lowest BCUT2D eigenvalue weighted by atomic mass is 9.94. The molecule has 2 unspecified atom stereocenters. The Morgan fingerprint density at radius 3 is 1.61 bits per heavy atom. The van der Waals surface area contributed by atoms with Gasteiger partial charge in [0.15, 0.2) is 0 Å².